The van der Waals surface area contributed by atoms with Crippen molar-refractivity contribution in [2.45, 2.75) is 11.7 Å². The van der Waals surface area contributed by atoms with E-state index >= 15 is 0 Å². The smallest absolute Gasteiger partial charge is 0.262 e. The van der Waals surface area contributed by atoms with Crippen LogP contribution in [-0.2, 0) is 6.54 Å². The lowest BCUT2D eigenvalue weighted by Crippen LogP contribution is -2.24. The largest absolute Gasteiger partial charge is 0.493 e. The summed E-state index contributed by atoms with van der Waals surface area (Å²) in [6.45, 7) is 0.891. The number of benzene rings is 2. The molecule has 0 atom stereocenters. The van der Waals surface area contributed by atoms with E-state index in [1.165, 1.54) is 11.8 Å². The summed E-state index contributed by atoms with van der Waals surface area (Å²) in [4.78, 5) is 22.0. The highest BCUT2D eigenvalue weighted by atomic mass is 35.5. The van der Waals surface area contributed by atoms with Gasteiger partial charge in [-0.05, 0) is 42.0 Å². The van der Waals surface area contributed by atoms with Crippen molar-refractivity contribution in [3.8, 4) is 5.75 Å². The van der Waals surface area contributed by atoms with E-state index in [4.69, 9.17) is 21.3 Å². The molecule has 4 aromatic rings. The summed E-state index contributed by atoms with van der Waals surface area (Å²) < 4.78 is 7.45. The van der Waals surface area contributed by atoms with E-state index in [-0.39, 0.29) is 5.56 Å². The molecule has 0 amide bonds. The van der Waals surface area contributed by atoms with Gasteiger partial charge in [-0.15, -0.1) is 0 Å². The van der Waals surface area contributed by atoms with E-state index in [1.54, 1.807) is 35.2 Å². The highest BCUT2D eigenvalue weighted by Gasteiger charge is 2.12. The summed E-state index contributed by atoms with van der Waals surface area (Å²) in [6, 6.07) is 18.5. The minimum Gasteiger partial charge on any atom is -0.493 e. The van der Waals surface area contributed by atoms with E-state index < -0.39 is 0 Å². The second kappa shape index (κ2) is 9.11. The number of fused-ring (bicyclic) bond motifs is 1. The first kappa shape index (κ1) is 19.5. The molecule has 0 bridgehead atoms. The molecule has 0 radical (unpaired) electrons. The average Bonchev–Trinajstić information content (AvgIpc) is 2.74. The molecule has 4 rings (SSSR count). The molecule has 2 aromatic carbocycles. The summed E-state index contributed by atoms with van der Waals surface area (Å²) in [5, 5.41) is 1.90. The zero-order valence-electron chi connectivity index (χ0n) is 15.5. The molecule has 0 fully saturated rings. The Labute approximate surface area is 177 Å². The van der Waals surface area contributed by atoms with Crippen LogP contribution in [0.4, 0.5) is 0 Å². The van der Waals surface area contributed by atoms with Gasteiger partial charge in [0.25, 0.3) is 5.56 Å². The Kier molecular flexibility index (Phi) is 6.12. The van der Waals surface area contributed by atoms with Crippen molar-refractivity contribution in [1.82, 2.24) is 14.5 Å². The van der Waals surface area contributed by atoms with Crippen LogP contribution in [0.1, 0.15) is 5.56 Å². The first-order valence-electron chi connectivity index (χ1n) is 9.10. The number of halogens is 1. The van der Waals surface area contributed by atoms with E-state index in [1.807, 2.05) is 42.5 Å². The molecule has 5 nitrogen and oxygen atoms in total. The molecule has 7 heteroatoms. The van der Waals surface area contributed by atoms with Crippen molar-refractivity contribution < 1.29 is 4.74 Å². The maximum absolute atomic E-state index is 13.1. The number of hydrogen-bond acceptors (Lipinski definition) is 5. The van der Waals surface area contributed by atoms with Crippen LogP contribution in [-0.4, -0.2) is 26.9 Å². The van der Waals surface area contributed by atoms with Crippen LogP contribution in [0.2, 0.25) is 5.02 Å². The molecule has 2 aromatic heterocycles. The summed E-state index contributed by atoms with van der Waals surface area (Å²) >= 11 is 7.48. The summed E-state index contributed by atoms with van der Waals surface area (Å²) in [6.07, 6.45) is 3.48. The number of pyridine rings is 1. The molecule has 0 aliphatic carbocycles. The van der Waals surface area contributed by atoms with Gasteiger partial charge in [0.15, 0.2) is 5.16 Å². The predicted octanol–water partition coefficient (Wildman–Crippen LogP) is 4.66. The Balaban J connectivity index is 1.56. The number of ether oxygens (including phenoxy) is 1. The fourth-order valence-electron chi connectivity index (χ4n) is 2.92. The number of nitrogens with zero attached hydrogens (tertiary/aromatic N) is 3. The van der Waals surface area contributed by atoms with E-state index in [0.29, 0.717) is 40.0 Å². The van der Waals surface area contributed by atoms with Crippen LogP contribution in [0.15, 0.2) is 83.0 Å². The Bertz CT molecular complexity index is 1180. The lowest BCUT2D eigenvalue weighted by Gasteiger charge is -2.13. The quantitative estimate of drug-likeness (QED) is 0.246. The second-order valence-corrected chi connectivity index (χ2v) is 7.82. The Hall–Kier alpha value is -2.83. The fourth-order valence-corrected chi connectivity index (χ4v) is 3.92. The third-order valence-corrected chi connectivity index (χ3v) is 5.45. The molecule has 2 heterocycles. The summed E-state index contributed by atoms with van der Waals surface area (Å²) in [5.74, 6) is 1.36. The van der Waals surface area contributed by atoms with Gasteiger partial charge in [0.05, 0.1) is 24.1 Å². The molecule has 0 saturated heterocycles. The van der Waals surface area contributed by atoms with Crippen molar-refractivity contribution in [3.63, 3.8) is 0 Å². The molecular formula is C22H18ClN3O2S. The number of hydrogen-bond donors (Lipinski definition) is 0. The maximum Gasteiger partial charge on any atom is 0.262 e. The number of rotatable bonds is 7. The number of aromatic nitrogens is 3. The zero-order valence-corrected chi connectivity index (χ0v) is 17.1. The topological polar surface area (TPSA) is 57.0 Å². The normalized spacial score (nSPS) is 10.9. The van der Waals surface area contributed by atoms with E-state index in [9.17, 15) is 4.79 Å². The van der Waals surface area contributed by atoms with Gasteiger partial charge in [-0.3, -0.25) is 14.3 Å². The van der Waals surface area contributed by atoms with Crippen molar-refractivity contribution in [2.75, 3.05) is 12.4 Å². The van der Waals surface area contributed by atoms with Crippen molar-refractivity contribution >= 4 is 34.3 Å². The van der Waals surface area contributed by atoms with Gasteiger partial charge in [-0.2, -0.15) is 0 Å². The van der Waals surface area contributed by atoms with E-state index in [0.717, 1.165) is 11.3 Å². The van der Waals surface area contributed by atoms with Gasteiger partial charge < -0.3 is 4.74 Å². The lowest BCUT2D eigenvalue weighted by atomic mass is 10.2. The lowest BCUT2D eigenvalue weighted by molar-refractivity contribution is 0.344. The van der Waals surface area contributed by atoms with Gasteiger partial charge in [0, 0.05) is 23.2 Å². The van der Waals surface area contributed by atoms with Gasteiger partial charge in [-0.25, -0.2) is 4.98 Å². The third-order valence-electron chi connectivity index (χ3n) is 4.27. The first-order valence-corrected chi connectivity index (χ1v) is 10.5. The van der Waals surface area contributed by atoms with Crippen LogP contribution in [0.5, 0.6) is 5.75 Å². The standard InChI is InChI=1S/C22H18ClN3O2S/c23-17-6-3-7-18(13-17)28-11-12-29-22-25-20-9-2-1-8-19(20)21(27)26(22)15-16-5-4-10-24-14-16/h1-10,13-14H,11-12,15H2. The monoisotopic (exact) mass is 423 g/mol. The average molecular weight is 424 g/mol. The van der Waals surface area contributed by atoms with Crippen LogP contribution in [0.3, 0.4) is 0 Å². The van der Waals surface area contributed by atoms with Gasteiger partial charge in [0.1, 0.15) is 5.75 Å². The molecule has 146 valence electrons. The molecule has 0 aliphatic rings. The Morgan fingerprint density at radius 1 is 1.07 bits per heavy atom. The van der Waals surface area contributed by atoms with Crippen molar-refractivity contribution in [2.24, 2.45) is 0 Å². The molecular weight excluding hydrogens is 406 g/mol. The second-order valence-electron chi connectivity index (χ2n) is 6.32. The number of thioether (sulfide) groups is 1. The van der Waals surface area contributed by atoms with Gasteiger partial charge in [-0.1, -0.05) is 47.6 Å². The fraction of sp³-hybridized carbons (Fsp3) is 0.136. The zero-order chi connectivity index (χ0) is 20.1. The predicted molar refractivity (Wildman–Crippen MR) is 117 cm³/mol. The van der Waals surface area contributed by atoms with Crippen LogP contribution < -0.4 is 10.3 Å². The molecule has 0 aliphatic heterocycles. The van der Waals surface area contributed by atoms with Gasteiger partial charge >= 0.3 is 0 Å². The molecule has 0 spiro atoms. The molecule has 0 N–H and O–H groups in total. The minimum atomic E-state index is -0.0577. The molecule has 29 heavy (non-hydrogen) atoms. The Morgan fingerprint density at radius 2 is 1.97 bits per heavy atom. The van der Waals surface area contributed by atoms with Crippen LogP contribution >= 0.6 is 23.4 Å². The highest BCUT2D eigenvalue weighted by molar-refractivity contribution is 7.99. The highest BCUT2D eigenvalue weighted by Crippen LogP contribution is 2.21. The van der Waals surface area contributed by atoms with Crippen molar-refractivity contribution in [3.05, 3.63) is 94.0 Å². The summed E-state index contributed by atoms with van der Waals surface area (Å²) in [5.41, 5.74) is 1.58. The maximum atomic E-state index is 13.1. The van der Waals surface area contributed by atoms with E-state index in [2.05, 4.69) is 4.98 Å². The Morgan fingerprint density at radius 3 is 2.79 bits per heavy atom. The SMILES string of the molecule is O=c1c2ccccc2nc(SCCOc2cccc(Cl)c2)n1Cc1cccnc1. The number of para-hydroxylation sites is 1. The molecule has 0 unspecified atom stereocenters. The van der Waals surface area contributed by atoms with Crippen LogP contribution in [0, 0.1) is 0 Å². The molecule has 0 saturated carbocycles. The van der Waals surface area contributed by atoms with Crippen molar-refractivity contribution in [1.29, 1.82) is 0 Å². The van der Waals surface area contributed by atoms with Gasteiger partial charge in [0.2, 0.25) is 0 Å². The first-order chi connectivity index (χ1) is 14.2. The minimum absolute atomic E-state index is 0.0577. The van der Waals surface area contributed by atoms with Crippen LogP contribution in [0.25, 0.3) is 10.9 Å². The third kappa shape index (κ3) is 4.78. The summed E-state index contributed by atoms with van der Waals surface area (Å²) in [7, 11) is 0.